The maximum Gasteiger partial charge on any atom is 0.159 e. The molecule has 0 spiro atoms. The van der Waals surface area contributed by atoms with Crippen LogP contribution in [-0.4, -0.2) is 18.1 Å². The van der Waals surface area contributed by atoms with Gasteiger partial charge in [0.25, 0.3) is 0 Å². The van der Waals surface area contributed by atoms with Gasteiger partial charge in [-0.05, 0) is 19.1 Å². The molecule has 0 saturated heterocycles. The molecule has 1 N–H and O–H groups in total. The van der Waals surface area contributed by atoms with Crippen molar-refractivity contribution in [3.05, 3.63) is 29.8 Å². The molecule has 2 nitrogen and oxygen atoms in total. The zero-order chi connectivity index (χ0) is 9.68. The van der Waals surface area contributed by atoms with Gasteiger partial charge in [-0.2, -0.15) is 12.6 Å². The number of benzene rings is 1. The van der Waals surface area contributed by atoms with Crippen molar-refractivity contribution in [3.63, 3.8) is 0 Å². The maximum atomic E-state index is 11.0. The van der Waals surface area contributed by atoms with Gasteiger partial charge in [-0.1, -0.05) is 12.1 Å². The summed E-state index contributed by atoms with van der Waals surface area (Å²) in [5, 5.41) is 3.16. The van der Waals surface area contributed by atoms with Crippen molar-refractivity contribution in [2.75, 3.05) is 17.6 Å². The van der Waals surface area contributed by atoms with Crippen molar-refractivity contribution in [1.82, 2.24) is 0 Å². The van der Waals surface area contributed by atoms with Gasteiger partial charge in [0.2, 0.25) is 0 Å². The van der Waals surface area contributed by atoms with Crippen molar-refractivity contribution in [2.45, 2.75) is 6.92 Å². The van der Waals surface area contributed by atoms with E-state index in [2.05, 4.69) is 17.9 Å². The molecule has 0 aliphatic carbocycles. The summed E-state index contributed by atoms with van der Waals surface area (Å²) >= 11 is 4.09. The number of thiol groups is 1. The lowest BCUT2D eigenvalue weighted by Crippen LogP contribution is -2.03. The second-order valence-electron chi connectivity index (χ2n) is 2.79. The summed E-state index contributed by atoms with van der Waals surface area (Å²) in [6, 6.07) is 7.48. The van der Waals surface area contributed by atoms with Gasteiger partial charge in [0.15, 0.2) is 5.78 Å². The molecule has 0 radical (unpaired) electrons. The highest BCUT2D eigenvalue weighted by atomic mass is 32.1. The Balaban J connectivity index is 2.73. The summed E-state index contributed by atoms with van der Waals surface area (Å²) in [6.45, 7) is 2.38. The molecule has 1 aromatic carbocycles. The molecule has 0 aliphatic heterocycles. The lowest BCUT2D eigenvalue weighted by molar-refractivity contribution is 0.101. The van der Waals surface area contributed by atoms with E-state index in [0.717, 1.165) is 23.5 Å². The summed E-state index contributed by atoms with van der Waals surface area (Å²) in [5.41, 5.74) is 1.71. The van der Waals surface area contributed by atoms with Gasteiger partial charge < -0.3 is 5.32 Å². The fourth-order valence-electron chi connectivity index (χ4n) is 1.05. The van der Waals surface area contributed by atoms with E-state index >= 15 is 0 Å². The Morgan fingerprint density at radius 3 is 2.92 bits per heavy atom. The van der Waals surface area contributed by atoms with Gasteiger partial charge in [-0.25, -0.2) is 0 Å². The fraction of sp³-hybridized carbons (Fsp3) is 0.300. The molecule has 1 rings (SSSR count). The van der Waals surface area contributed by atoms with Gasteiger partial charge in [-0.15, -0.1) is 0 Å². The molecule has 0 heterocycles. The zero-order valence-electron chi connectivity index (χ0n) is 7.58. The number of ketones is 1. The van der Waals surface area contributed by atoms with E-state index < -0.39 is 0 Å². The van der Waals surface area contributed by atoms with E-state index in [1.54, 1.807) is 6.92 Å². The van der Waals surface area contributed by atoms with Crippen LogP contribution in [0.3, 0.4) is 0 Å². The molecular formula is C10H13NOS. The third-order valence-corrected chi connectivity index (χ3v) is 1.93. The molecule has 0 aromatic heterocycles. The number of anilines is 1. The molecule has 0 bridgehead atoms. The third-order valence-electron chi connectivity index (χ3n) is 1.71. The van der Waals surface area contributed by atoms with Crippen LogP contribution >= 0.6 is 12.6 Å². The van der Waals surface area contributed by atoms with E-state index in [4.69, 9.17) is 0 Å². The van der Waals surface area contributed by atoms with Crippen molar-refractivity contribution >= 4 is 24.1 Å². The predicted octanol–water partition coefficient (Wildman–Crippen LogP) is 2.23. The van der Waals surface area contributed by atoms with Crippen LogP contribution < -0.4 is 5.32 Å². The quantitative estimate of drug-likeness (QED) is 0.570. The molecule has 0 atom stereocenters. The number of Topliss-reactive ketones (excluding diaryl/α,β-unsaturated/α-hetero) is 1. The van der Waals surface area contributed by atoms with E-state index in [1.165, 1.54) is 0 Å². The van der Waals surface area contributed by atoms with Crippen LogP contribution in [-0.2, 0) is 0 Å². The summed E-state index contributed by atoms with van der Waals surface area (Å²) in [6.07, 6.45) is 0. The summed E-state index contributed by atoms with van der Waals surface area (Å²) in [5.74, 6) is 0.874. The van der Waals surface area contributed by atoms with Crippen LogP contribution in [0.1, 0.15) is 17.3 Å². The molecule has 13 heavy (non-hydrogen) atoms. The summed E-state index contributed by atoms with van der Waals surface area (Å²) in [4.78, 5) is 11.0. The highest BCUT2D eigenvalue weighted by molar-refractivity contribution is 7.80. The van der Waals surface area contributed by atoms with E-state index in [1.807, 2.05) is 24.3 Å². The first-order chi connectivity index (χ1) is 6.24. The minimum atomic E-state index is 0.0922. The Kier molecular flexibility index (Phi) is 3.83. The van der Waals surface area contributed by atoms with Crippen molar-refractivity contribution < 1.29 is 4.79 Å². The van der Waals surface area contributed by atoms with Gasteiger partial charge in [0.1, 0.15) is 0 Å². The average molecular weight is 195 g/mol. The van der Waals surface area contributed by atoms with Gasteiger partial charge in [0, 0.05) is 23.5 Å². The SMILES string of the molecule is CC(=O)c1cccc(NCCS)c1. The van der Waals surface area contributed by atoms with Gasteiger partial charge in [-0.3, -0.25) is 4.79 Å². The Morgan fingerprint density at radius 1 is 1.54 bits per heavy atom. The van der Waals surface area contributed by atoms with Crippen molar-refractivity contribution in [3.8, 4) is 0 Å². The molecule has 1 aromatic rings. The second-order valence-corrected chi connectivity index (χ2v) is 3.23. The number of rotatable bonds is 4. The largest absolute Gasteiger partial charge is 0.384 e. The standard InChI is InChI=1S/C10H13NOS/c1-8(12)9-3-2-4-10(7-9)11-5-6-13/h2-4,7,11,13H,5-6H2,1H3. The van der Waals surface area contributed by atoms with Crippen LogP contribution in [0.5, 0.6) is 0 Å². The normalized spacial score (nSPS) is 9.69. The minimum Gasteiger partial charge on any atom is -0.384 e. The Hall–Kier alpha value is -0.960. The predicted molar refractivity (Wildman–Crippen MR) is 58.8 cm³/mol. The molecule has 3 heteroatoms. The minimum absolute atomic E-state index is 0.0922. The number of nitrogens with one attached hydrogen (secondary N) is 1. The first kappa shape index (κ1) is 10.1. The van der Waals surface area contributed by atoms with E-state index in [9.17, 15) is 4.79 Å². The molecule has 0 fully saturated rings. The Bertz CT molecular complexity index is 299. The van der Waals surface area contributed by atoms with Gasteiger partial charge >= 0.3 is 0 Å². The molecule has 0 aliphatic rings. The highest BCUT2D eigenvalue weighted by Gasteiger charge is 1.98. The van der Waals surface area contributed by atoms with Crippen molar-refractivity contribution in [1.29, 1.82) is 0 Å². The third kappa shape index (κ3) is 3.11. The lowest BCUT2D eigenvalue weighted by Gasteiger charge is -2.04. The number of carbonyl (C=O) groups excluding carboxylic acids is 1. The highest BCUT2D eigenvalue weighted by Crippen LogP contribution is 2.10. The Labute approximate surface area is 83.8 Å². The number of hydrogen-bond donors (Lipinski definition) is 2. The first-order valence-electron chi connectivity index (χ1n) is 4.20. The van der Waals surface area contributed by atoms with Crippen molar-refractivity contribution in [2.24, 2.45) is 0 Å². The molecule has 0 amide bonds. The van der Waals surface area contributed by atoms with Crippen LogP contribution in [0.2, 0.25) is 0 Å². The number of hydrogen-bond acceptors (Lipinski definition) is 3. The number of carbonyl (C=O) groups is 1. The van der Waals surface area contributed by atoms with Crippen LogP contribution in [0.4, 0.5) is 5.69 Å². The van der Waals surface area contributed by atoms with Crippen LogP contribution in [0.15, 0.2) is 24.3 Å². The monoisotopic (exact) mass is 195 g/mol. The molecular weight excluding hydrogens is 182 g/mol. The molecule has 70 valence electrons. The smallest absolute Gasteiger partial charge is 0.159 e. The van der Waals surface area contributed by atoms with E-state index in [-0.39, 0.29) is 5.78 Å². The van der Waals surface area contributed by atoms with Crippen LogP contribution in [0.25, 0.3) is 0 Å². The zero-order valence-corrected chi connectivity index (χ0v) is 8.47. The molecule has 0 unspecified atom stereocenters. The Morgan fingerprint density at radius 2 is 2.31 bits per heavy atom. The topological polar surface area (TPSA) is 29.1 Å². The fourth-order valence-corrected chi connectivity index (χ4v) is 1.16. The lowest BCUT2D eigenvalue weighted by atomic mass is 10.1. The summed E-state index contributed by atoms with van der Waals surface area (Å²) < 4.78 is 0. The van der Waals surface area contributed by atoms with E-state index in [0.29, 0.717) is 0 Å². The van der Waals surface area contributed by atoms with Crippen LogP contribution in [0, 0.1) is 0 Å². The first-order valence-corrected chi connectivity index (χ1v) is 4.83. The average Bonchev–Trinajstić information content (AvgIpc) is 2.15. The summed E-state index contributed by atoms with van der Waals surface area (Å²) in [7, 11) is 0. The second kappa shape index (κ2) is 4.92. The molecule has 0 saturated carbocycles. The maximum absolute atomic E-state index is 11.0. The van der Waals surface area contributed by atoms with Gasteiger partial charge in [0.05, 0.1) is 0 Å².